The normalized spacial score (nSPS) is 12.6. The van der Waals surface area contributed by atoms with Gasteiger partial charge in [0.2, 0.25) is 0 Å². The number of hydrogen-bond acceptors (Lipinski definition) is 1. The van der Waals surface area contributed by atoms with E-state index in [0.717, 1.165) is 6.42 Å². The minimum absolute atomic E-state index is 0.311. The molecular formula is C7H12O. The van der Waals surface area contributed by atoms with Crippen LogP contribution >= 0.6 is 0 Å². The predicted octanol–water partition coefficient (Wildman–Crippen LogP) is 1.43. The fraction of sp³-hybridized carbons (Fsp3) is 0.714. The molecule has 0 rings (SSSR count). The second-order valence-electron chi connectivity index (χ2n) is 1.73. The third-order valence-electron chi connectivity index (χ3n) is 1.03. The summed E-state index contributed by atoms with van der Waals surface area (Å²) in [6, 6.07) is 0. The fourth-order valence-electron chi connectivity index (χ4n) is 0.308. The summed E-state index contributed by atoms with van der Waals surface area (Å²) in [4.78, 5) is 0. The molecule has 8 heavy (non-hydrogen) atoms. The first-order valence-electron chi connectivity index (χ1n) is 2.86. The molecule has 0 aliphatic rings. The van der Waals surface area contributed by atoms with Crippen LogP contribution in [-0.2, 0) is 4.74 Å². The van der Waals surface area contributed by atoms with E-state index in [1.807, 2.05) is 6.92 Å². The van der Waals surface area contributed by atoms with E-state index in [1.54, 1.807) is 0 Å². The molecule has 0 aliphatic heterocycles. The van der Waals surface area contributed by atoms with E-state index in [9.17, 15) is 0 Å². The van der Waals surface area contributed by atoms with Crippen molar-refractivity contribution in [1.82, 2.24) is 0 Å². The molecule has 0 radical (unpaired) electrons. The van der Waals surface area contributed by atoms with E-state index in [-0.39, 0.29) is 0 Å². The highest BCUT2D eigenvalue weighted by atomic mass is 16.5. The number of terminal acetylenes is 1. The highest BCUT2D eigenvalue weighted by molar-refractivity contribution is 4.83. The van der Waals surface area contributed by atoms with E-state index in [4.69, 9.17) is 11.2 Å². The van der Waals surface area contributed by atoms with Gasteiger partial charge in [0.15, 0.2) is 0 Å². The Kier molecular flexibility index (Phi) is 4.39. The van der Waals surface area contributed by atoms with E-state index in [0.29, 0.717) is 12.7 Å². The van der Waals surface area contributed by atoms with Crippen molar-refractivity contribution in [3.63, 3.8) is 0 Å². The van der Waals surface area contributed by atoms with E-state index < -0.39 is 0 Å². The Bertz CT molecular complexity index is 80.9. The summed E-state index contributed by atoms with van der Waals surface area (Å²) in [6.07, 6.45) is 6.30. The molecule has 0 bridgehead atoms. The van der Waals surface area contributed by atoms with Gasteiger partial charge < -0.3 is 4.74 Å². The van der Waals surface area contributed by atoms with E-state index in [2.05, 4.69) is 12.8 Å². The van der Waals surface area contributed by atoms with Gasteiger partial charge >= 0.3 is 0 Å². The molecule has 1 unspecified atom stereocenters. The van der Waals surface area contributed by atoms with Crippen LogP contribution in [-0.4, -0.2) is 12.7 Å². The molecule has 0 aromatic heterocycles. The van der Waals surface area contributed by atoms with Gasteiger partial charge in [-0.05, 0) is 13.3 Å². The molecule has 0 saturated carbocycles. The van der Waals surface area contributed by atoms with Gasteiger partial charge in [0.05, 0.1) is 6.10 Å². The quantitative estimate of drug-likeness (QED) is 0.502. The monoisotopic (exact) mass is 112 g/mol. The van der Waals surface area contributed by atoms with Crippen molar-refractivity contribution >= 4 is 0 Å². The van der Waals surface area contributed by atoms with Gasteiger partial charge in [-0.15, -0.1) is 6.42 Å². The average Bonchev–Trinajstić information content (AvgIpc) is 1.83. The van der Waals surface area contributed by atoms with Crippen LogP contribution in [0.2, 0.25) is 0 Å². The van der Waals surface area contributed by atoms with Gasteiger partial charge in [0, 0.05) is 0 Å². The fourth-order valence-corrected chi connectivity index (χ4v) is 0.308. The van der Waals surface area contributed by atoms with Crippen molar-refractivity contribution in [2.75, 3.05) is 6.61 Å². The zero-order chi connectivity index (χ0) is 6.41. The first-order chi connectivity index (χ1) is 3.81. The van der Waals surface area contributed by atoms with Crippen molar-refractivity contribution in [2.45, 2.75) is 26.4 Å². The summed E-state index contributed by atoms with van der Waals surface area (Å²) in [7, 11) is 0. The third-order valence-corrected chi connectivity index (χ3v) is 1.03. The highest BCUT2D eigenvalue weighted by Gasteiger charge is 1.93. The maximum absolute atomic E-state index is 5.10. The molecule has 0 aromatic carbocycles. The molecule has 1 nitrogen and oxygen atoms in total. The molecule has 0 saturated heterocycles. The largest absolute Gasteiger partial charge is 0.366 e. The Balaban J connectivity index is 3.01. The number of hydrogen-bond donors (Lipinski definition) is 0. The van der Waals surface area contributed by atoms with Gasteiger partial charge in [-0.1, -0.05) is 12.8 Å². The van der Waals surface area contributed by atoms with Crippen LogP contribution in [0.25, 0.3) is 0 Å². The Morgan fingerprint density at radius 1 is 1.75 bits per heavy atom. The summed E-state index contributed by atoms with van der Waals surface area (Å²) in [5.41, 5.74) is 0. The number of ether oxygens (including phenoxy) is 1. The Hall–Kier alpha value is -0.480. The van der Waals surface area contributed by atoms with E-state index >= 15 is 0 Å². The molecule has 0 aromatic rings. The van der Waals surface area contributed by atoms with Gasteiger partial charge in [0.25, 0.3) is 0 Å². The second-order valence-corrected chi connectivity index (χ2v) is 1.73. The van der Waals surface area contributed by atoms with Crippen LogP contribution < -0.4 is 0 Å². The molecule has 1 atom stereocenters. The minimum Gasteiger partial charge on any atom is -0.366 e. The Labute approximate surface area is 51.0 Å². The molecule has 0 heterocycles. The first kappa shape index (κ1) is 7.52. The van der Waals surface area contributed by atoms with Crippen molar-refractivity contribution in [3.05, 3.63) is 0 Å². The van der Waals surface area contributed by atoms with Crippen molar-refractivity contribution < 1.29 is 4.74 Å². The van der Waals surface area contributed by atoms with Gasteiger partial charge in [-0.2, -0.15) is 0 Å². The van der Waals surface area contributed by atoms with Crippen molar-refractivity contribution in [1.29, 1.82) is 0 Å². The lowest BCUT2D eigenvalue weighted by Gasteiger charge is -2.05. The van der Waals surface area contributed by atoms with Gasteiger partial charge in [0.1, 0.15) is 6.61 Å². The Morgan fingerprint density at radius 3 is 2.75 bits per heavy atom. The van der Waals surface area contributed by atoms with E-state index in [1.165, 1.54) is 0 Å². The third kappa shape index (κ3) is 3.70. The predicted molar refractivity (Wildman–Crippen MR) is 34.5 cm³/mol. The summed E-state index contributed by atoms with van der Waals surface area (Å²) in [5.74, 6) is 2.41. The van der Waals surface area contributed by atoms with Crippen LogP contribution in [0, 0.1) is 12.3 Å². The maximum Gasteiger partial charge on any atom is 0.107 e. The highest BCUT2D eigenvalue weighted by Crippen LogP contribution is 1.93. The smallest absolute Gasteiger partial charge is 0.107 e. The van der Waals surface area contributed by atoms with Gasteiger partial charge in [-0.3, -0.25) is 0 Å². The topological polar surface area (TPSA) is 9.23 Å². The van der Waals surface area contributed by atoms with Crippen LogP contribution in [0.3, 0.4) is 0 Å². The van der Waals surface area contributed by atoms with Gasteiger partial charge in [-0.25, -0.2) is 0 Å². The molecule has 1 heteroatoms. The van der Waals surface area contributed by atoms with Crippen LogP contribution in [0.15, 0.2) is 0 Å². The number of rotatable bonds is 3. The SMILES string of the molecule is C#CCOC(C)CC. The summed E-state index contributed by atoms with van der Waals surface area (Å²) in [6.45, 7) is 4.52. The molecule has 0 amide bonds. The molecule has 0 N–H and O–H groups in total. The molecular weight excluding hydrogens is 100 g/mol. The second kappa shape index (κ2) is 4.67. The van der Waals surface area contributed by atoms with Crippen molar-refractivity contribution in [2.24, 2.45) is 0 Å². The lowest BCUT2D eigenvalue weighted by Crippen LogP contribution is -2.05. The summed E-state index contributed by atoms with van der Waals surface area (Å²) >= 11 is 0. The first-order valence-corrected chi connectivity index (χ1v) is 2.86. The summed E-state index contributed by atoms with van der Waals surface area (Å²) < 4.78 is 5.10. The summed E-state index contributed by atoms with van der Waals surface area (Å²) in [5, 5.41) is 0. The molecule has 0 fully saturated rings. The minimum atomic E-state index is 0.311. The Morgan fingerprint density at radius 2 is 2.38 bits per heavy atom. The van der Waals surface area contributed by atoms with Crippen LogP contribution in [0.1, 0.15) is 20.3 Å². The zero-order valence-electron chi connectivity index (χ0n) is 5.48. The average molecular weight is 112 g/mol. The van der Waals surface area contributed by atoms with Crippen LogP contribution in [0.4, 0.5) is 0 Å². The lowest BCUT2D eigenvalue weighted by molar-refractivity contribution is 0.0896. The standard InChI is InChI=1S/C7H12O/c1-4-6-8-7(3)5-2/h1,7H,5-6H2,2-3H3. The molecule has 46 valence electrons. The molecule has 0 spiro atoms. The lowest BCUT2D eigenvalue weighted by atomic mass is 10.3. The van der Waals surface area contributed by atoms with Crippen LogP contribution in [0.5, 0.6) is 0 Å². The maximum atomic E-state index is 5.10. The molecule has 0 aliphatic carbocycles. The zero-order valence-corrected chi connectivity index (χ0v) is 5.48. The van der Waals surface area contributed by atoms with Crippen molar-refractivity contribution in [3.8, 4) is 12.3 Å².